The minimum absolute atomic E-state index is 0.602. The van der Waals surface area contributed by atoms with Gasteiger partial charge < -0.3 is 11.1 Å². The molecular formula is C12H19N3. The first-order valence-corrected chi connectivity index (χ1v) is 5.71. The van der Waals surface area contributed by atoms with Crippen LogP contribution in [0.5, 0.6) is 0 Å². The summed E-state index contributed by atoms with van der Waals surface area (Å²) < 4.78 is 0. The van der Waals surface area contributed by atoms with E-state index in [2.05, 4.69) is 17.2 Å². The minimum atomic E-state index is 0.602. The quantitative estimate of drug-likeness (QED) is 0.780. The number of hydrogen-bond donors (Lipinski definition) is 2. The Bertz CT molecular complexity index is 316. The van der Waals surface area contributed by atoms with Crippen LogP contribution >= 0.6 is 0 Å². The van der Waals surface area contributed by atoms with Gasteiger partial charge in [0.2, 0.25) is 0 Å². The Balaban J connectivity index is 1.92. The molecule has 0 spiro atoms. The van der Waals surface area contributed by atoms with Gasteiger partial charge in [0.05, 0.1) is 17.6 Å². The summed E-state index contributed by atoms with van der Waals surface area (Å²) in [4.78, 5) is 4.08. The monoisotopic (exact) mass is 205 g/mol. The van der Waals surface area contributed by atoms with Crippen LogP contribution < -0.4 is 11.1 Å². The summed E-state index contributed by atoms with van der Waals surface area (Å²) in [6.07, 6.45) is 8.69. The van der Waals surface area contributed by atoms with Gasteiger partial charge in [-0.2, -0.15) is 0 Å². The topological polar surface area (TPSA) is 50.9 Å². The molecule has 1 fully saturated rings. The van der Waals surface area contributed by atoms with Crippen molar-refractivity contribution < 1.29 is 0 Å². The van der Waals surface area contributed by atoms with Crippen LogP contribution in [0.2, 0.25) is 0 Å². The van der Waals surface area contributed by atoms with Crippen molar-refractivity contribution in [3.8, 4) is 0 Å². The number of aromatic nitrogens is 1. The molecule has 0 bridgehead atoms. The number of anilines is 2. The lowest BCUT2D eigenvalue weighted by Gasteiger charge is -2.27. The molecule has 1 saturated carbocycles. The predicted molar refractivity (Wildman–Crippen MR) is 63.7 cm³/mol. The molecule has 0 atom stereocenters. The van der Waals surface area contributed by atoms with Gasteiger partial charge in [0, 0.05) is 12.2 Å². The smallest absolute Gasteiger partial charge is 0.0549 e. The Morgan fingerprint density at radius 1 is 1.27 bits per heavy atom. The first-order chi connectivity index (χ1) is 7.24. The maximum absolute atomic E-state index is 5.68. The van der Waals surface area contributed by atoms with Gasteiger partial charge in [-0.15, -0.1) is 0 Å². The standard InChI is InChI=1S/C12H19N3/c1-9-2-4-11(5-3-9)15-12-6-10(13)7-14-8-12/h6-9,11,15H,2-5,13H2,1H3. The van der Waals surface area contributed by atoms with Crippen molar-refractivity contribution in [3.05, 3.63) is 18.5 Å². The molecule has 82 valence electrons. The van der Waals surface area contributed by atoms with Crippen molar-refractivity contribution >= 4 is 11.4 Å². The highest BCUT2D eigenvalue weighted by Gasteiger charge is 2.17. The molecule has 1 aromatic rings. The zero-order valence-corrected chi connectivity index (χ0v) is 9.24. The van der Waals surface area contributed by atoms with E-state index in [0.717, 1.165) is 17.3 Å². The molecule has 15 heavy (non-hydrogen) atoms. The van der Waals surface area contributed by atoms with E-state index in [0.29, 0.717) is 6.04 Å². The fourth-order valence-corrected chi connectivity index (χ4v) is 2.18. The molecule has 0 radical (unpaired) electrons. The summed E-state index contributed by atoms with van der Waals surface area (Å²) in [6.45, 7) is 2.33. The average molecular weight is 205 g/mol. The van der Waals surface area contributed by atoms with E-state index in [4.69, 9.17) is 5.73 Å². The van der Waals surface area contributed by atoms with Crippen LogP contribution in [0.25, 0.3) is 0 Å². The molecule has 2 rings (SSSR count). The maximum Gasteiger partial charge on any atom is 0.0549 e. The van der Waals surface area contributed by atoms with Gasteiger partial charge in [0.1, 0.15) is 0 Å². The van der Waals surface area contributed by atoms with Gasteiger partial charge in [-0.3, -0.25) is 4.98 Å². The van der Waals surface area contributed by atoms with Crippen molar-refractivity contribution in [2.45, 2.75) is 38.6 Å². The second-order valence-corrected chi connectivity index (χ2v) is 4.61. The van der Waals surface area contributed by atoms with Crippen LogP contribution in [0.1, 0.15) is 32.6 Å². The molecule has 0 aromatic carbocycles. The summed E-state index contributed by atoms with van der Waals surface area (Å²) in [6, 6.07) is 2.55. The Hall–Kier alpha value is -1.25. The van der Waals surface area contributed by atoms with Gasteiger partial charge in [-0.25, -0.2) is 0 Å². The number of nitrogens with one attached hydrogen (secondary N) is 1. The summed E-state index contributed by atoms with van der Waals surface area (Å²) in [5.74, 6) is 0.891. The Morgan fingerprint density at radius 2 is 2.00 bits per heavy atom. The molecule has 3 N–H and O–H groups in total. The molecule has 3 nitrogen and oxygen atoms in total. The van der Waals surface area contributed by atoms with E-state index in [1.807, 2.05) is 12.3 Å². The molecule has 0 unspecified atom stereocenters. The maximum atomic E-state index is 5.68. The predicted octanol–water partition coefficient (Wildman–Crippen LogP) is 2.65. The van der Waals surface area contributed by atoms with E-state index < -0.39 is 0 Å². The van der Waals surface area contributed by atoms with Crippen LogP contribution in [0.3, 0.4) is 0 Å². The number of nitrogens with two attached hydrogens (primary N) is 1. The average Bonchev–Trinajstić information content (AvgIpc) is 2.22. The number of pyridine rings is 1. The number of hydrogen-bond acceptors (Lipinski definition) is 3. The van der Waals surface area contributed by atoms with Gasteiger partial charge in [0.25, 0.3) is 0 Å². The van der Waals surface area contributed by atoms with Crippen molar-refractivity contribution in [2.75, 3.05) is 11.1 Å². The van der Waals surface area contributed by atoms with Crippen LogP contribution in [0, 0.1) is 5.92 Å². The van der Waals surface area contributed by atoms with Crippen molar-refractivity contribution in [3.63, 3.8) is 0 Å². The van der Waals surface area contributed by atoms with Crippen molar-refractivity contribution in [1.29, 1.82) is 0 Å². The van der Waals surface area contributed by atoms with E-state index in [-0.39, 0.29) is 0 Å². The Morgan fingerprint density at radius 3 is 2.67 bits per heavy atom. The largest absolute Gasteiger partial charge is 0.397 e. The molecule has 1 aromatic heterocycles. The van der Waals surface area contributed by atoms with E-state index in [1.165, 1.54) is 25.7 Å². The summed E-state index contributed by atoms with van der Waals surface area (Å²) in [5, 5.41) is 3.50. The number of nitrogen functional groups attached to an aromatic ring is 1. The SMILES string of the molecule is CC1CCC(Nc2cncc(N)c2)CC1. The summed E-state index contributed by atoms with van der Waals surface area (Å²) in [5.41, 5.74) is 7.46. The fourth-order valence-electron chi connectivity index (χ4n) is 2.18. The van der Waals surface area contributed by atoms with Crippen LogP contribution in [0.15, 0.2) is 18.5 Å². The molecule has 0 saturated heterocycles. The Kier molecular flexibility index (Phi) is 3.09. The van der Waals surface area contributed by atoms with Gasteiger partial charge in [-0.1, -0.05) is 6.92 Å². The van der Waals surface area contributed by atoms with E-state index in [9.17, 15) is 0 Å². The molecule has 0 aliphatic heterocycles. The van der Waals surface area contributed by atoms with E-state index in [1.54, 1.807) is 6.20 Å². The number of rotatable bonds is 2. The molecule has 1 aliphatic rings. The van der Waals surface area contributed by atoms with Gasteiger partial charge in [0.15, 0.2) is 0 Å². The zero-order valence-electron chi connectivity index (χ0n) is 9.24. The molecule has 3 heteroatoms. The van der Waals surface area contributed by atoms with Crippen LogP contribution in [-0.4, -0.2) is 11.0 Å². The molecule has 0 amide bonds. The van der Waals surface area contributed by atoms with E-state index >= 15 is 0 Å². The summed E-state index contributed by atoms with van der Waals surface area (Å²) >= 11 is 0. The number of nitrogens with zero attached hydrogens (tertiary/aromatic N) is 1. The van der Waals surface area contributed by atoms with Crippen molar-refractivity contribution in [1.82, 2.24) is 4.98 Å². The molecule has 1 heterocycles. The Labute approximate surface area is 91.1 Å². The normalized spacial score (nSPS) is 26.2. The highest BCUT2D eigenvalue weighted by atomic mass is 14.9. The second-order valence-electron chi connectivity index (χ2n) is 4.61. The third-order valence-electron chi connectivity index (χ3n) is 3.15. The summed E-state index contributed by atoms with van der Waals surface area (Å²) in [7, 11) is 0. The molecule has 1 aliphatic carbocycles. The third kappa shape index (κ3) is 2.85. The van der Waals surface area contributed by atoms with Crippen molar-refractivity contribution in [2.24, 2.45) is 5.92 Å². The fraction of sp³-hybridized carbons (Fsp3) is 0.583. The lowest BCUT2D eigenvalue weighted by atomic mass is 9.87. The second kappa shape index (κ2) is 4.51. The third-order valence-corrected chi connectivity index (χ3v) is 3.15. The first kappa shape index (κ1) is 10.3. The van der Waals surface area contributed by atoms with Crippen LogP contribution in [-0.2, 0) is 0 Å². The van der Waals surface area contributed by atoms with Crippen LogP contribution in [0.4, 0.5) is 11.4 Å². The lowest BCUT2D eigenvalue weighted by molar-refractivity contribution is 0.361. The zero-order chi connectivity index (χ0) is 10.7. The van der Waals surface area contributed by atoms with Gasteiger partial charge in [-0.05, 0) is 37.7 Å². The first-order valence-electron chi connectivity index (χ1n) is 5.71. The molecular weight excluding hydrogens is 186 g/mol. The lowest BCUT2D eigenvalue weighted by Crippen LogP contribution is -2.25. The highest BCUT2D eigenvalue weighted by molar-refractivity contribution is 5.51. The highest BCUT2D eigenvalue weighted by Crippen LogP contribution is 2.26. The minimum Gasteiger partial charge on any atom is -0.397 e. The van der Waals surface area contributed by atoms with Gasteiger partial charge >= 0.3 is 0 Å².